The van der Waals surface area contributed by atoms with Gasteiger partial charge in [-0.2, -0.15) is 0 Å². The quantitative estimate of drug-likeness (QED) is 0.269. The first-order valence-electron chi connectivity index (χ1n) is 10.4. The molecule has 1 heterocycles. The third-order valence-electron chi connectivity index (χ3n) is 5.28. The first-order valence-corrected chi connectivity index (χ1v) is 11.6. The molecule has 0 fully saturated rings. The lowest BCUT2D eigenvalue weighted by Gasteiger charge is -2.21. The fourth-order valence-electron chi connectivity index (χ4n) is 3.55. The second kappa shape index (κ2) is 10.2. The highest BCUT2D eigenvalue weighted by molar-refractivity contribution is 7.22. The lowest BCUT2D eigenvalue weighted by atomic mass is 10.1. The van der Waals surface area contributed by atoms with Gasteiger partial charge in [0.2, 0.25) is 5.75 Å². The second-order valence-electron chi connectivity index (χ2n) is 7.31. The summed E-state index contributed by atoms with van der Waals surface area (Å²) in [6.07, 6.45) is 3.19. The number of carbonyl (C=O) groups excluding carboxylic acids is 1. The van der Waals surface area contributed by atoms with E-state index in [4.69, 9.17) is 30.8 Å². The summed E-state index contributed by atoms with van der Waals surface area (Å²) in [4.78, 5) is 19.9. The molecule has 8 heteroatoms. The van der Waals surface area contributed by atoms with Crippen LogP contribution in [0.4, 0.5) is 10.8 Å². The maximum atomic E-state index is 13.6. The number of thiazole rings is 1. The molecule has 0 saturated carbocycles. The molecule has 6 nitrogen and oxygen atoms in total. The number of fused-ring (bicyclic) bond motifs is 1. The molecular formula is C26H23ClN2O4S. The summed E-state index contributed by atoms with van der Waals surface area (Å²) < 4.78 is 17.2. The first-order chi connectivity index (χ1) is 16.5. The van der Waals surface area contributed by atoms with Gasteiger partial charge < -0.3 is 14.2 Å². The predicted molar refractivity (Wildman–Crippen MR) is 138 cm³/mol. The Hall–Kier alpha value is -3.55. The number of halogens is 1. The molecule has 3 aromatic carbocycles. The molecule has 0 aliphatic carbocycles. The van der Waals surface area contributed by atoms with Crippen LogP contribution in [0.2, 0.25) is 5.02 Å². The molecule has 0 bridgehead atoms. The summed E-state index contributed by atoms with van der Waals surface area (Å²) in [5.41, 5.74) is 3.01. The number of nitrogens with zero attached hydrogens (tertiary/aromatic N) is 2. The van der Waals surface area contributed by atoms with E-state index < -0.39 is 0 Å². The van der Waals surface area contributed by atoms with Crippen LogP contribution in [0.3, 0.4) is 0 Å². The Kier molecular flexibility index (Phi) is 7.05. The van der Waals surface area contributed by atoms with Crippen molar-refractivity contribution in [2.45, 2.75) is 6.92 Å². The van der Waals surface area contributed by atoms with E-state index in [0.717, 1.165) is 21.3 Å². The van der Waals surface area contributed by atoms with Crippen LogP contribution in [0.5, 0.6) is 17.2 Å². The highest BCUT2D eigenvalue weighted by atomic mass is 35.5. The van der Waals surface area contributed by atoms with Crippen molar-refractivity contribution in [3.63, 3.8) is 0 Å². The number of hydrogen-bond donors (Lipinski definition) is 0. The van der Waals surface area contributed by atoms with Gasteiger partial charge in [-0.25, -0.2) is 4.98 Å². The molecule has 34 heavy (non-hydrogen) atoms. The van der Waals surface area contributed by atoms with Crippen LogP contribution in [0.1, 0.15) is 11.1 Å². The molecule has 174 valence electrons. The molecule has 1 amide bonds. The average Bonchev–Trinajstić information content (AvgIpc) is 3.28. The van der Waals surface area contributed by atoms with E-state index in [2.05, 4.69) is 0 Å². The fourth-order valence-corrected chi connectivity index (χ4v) is 4.70. The van der Waals surface area contributed by atoms with E-state index in [9.17, 15) is 4.79 Å². The highest BCUT2D eigenvalue weighted by Gasteiger charge is 2.22. The van der Waals surface area contributed by atoms with E-state index >= 15 is 0 Å². The van der Waals surface area contributed by atoms with Gasteiger partial charge in [0.25, 0.3) is 5.91 Å². The van der Waals surface area contributed by atoms with Crippen LogP contribution in [0.25, 0.3) is 16.3 Å². The standard InChI is InChI=1S/C26H23ClN2O4S/c1-16-18(27)8-7-10-20(16)29(26-28-19-9-5-6-11-23(19)34-26)24(30)13-12-17-14-21(31-2)25(33-4)22(15-17)32-3/h5-15H,1-4H3/b13-12+. The number of methoxy groups -OCH3 is 3. The lowest BCUT2D eigenvalue weighted by molar-refractivity contribution is -0.113. The van der Waals surface area contributed by atoms with Gasteiger partial charge in [0, 0.05) is 11.1 Å². The van der Waals surface area contributed by atoms with Crippen LogP contribution in [-0.4, -0.2) is 32.2 Å². The van der Waals surface area contributed by atoms with Crippen molar-refractivity contribution < 1.29 is 19.0 Å². The molecule has 0 atom stereocenters. The van der Waals surface area contributed by atoms with Crippen molar-refractivity contribution in [1.29, 1.82) is 0 Å². The first kappa shape index (κ1) is 23.6. The maximum absolute atomic E-state index is 13.6. The molecule has 4 rings (SSSR count). The van der Waals surface area contributed by atoms with E-state index in [1.807, 2.05) is 43.3 Å². The number of amides is 1. The SMILES string of the molecule is COc1cc(/C=C/C(=O)N(c2nc3ccccc3s2)c2cccc(Cl)c2C)cc(OC)c1OC. The van der Waals surface area contributed by atoms with Gasteiger partial charge in [-0.3, -0.25) is 9.69 Å². The largest absolute Gasteiger partial charge is 0.493 e. The highest BCUT2D eigenvalue weighted by Crippen LogP contribution is 2.39. The van der Waals surface area contributed by atoms with Crippen LogP contribution in [0.15, 0.2) is 60.7 Å². The molecule has 0 unspecified atom stereocenters. The minimum atomic E-state index is -0.266. The lowest BCUT2D eigenvalue weighted by Crippen LogP contribution is -2.24. The van der Waals surface area contributed by atoms with Gasteiger partial charge in [0.1, 0.15) is 0 Å². The molecule has 0 spiro atoms. The molecule has 0 aliphatic heterocycles. The summed E-state index contributed by atoms with van der Waals surface area (Å²) >= 11 is 7.83. The van der Waals surface area contributed by atoms with E-state index in [0.29, 0.717) is 33.1 Å². The van der Waals surface area contributed by atoms with Crippen molar-refractivity contribution in [3.05, 3.63) is 76.8 Å². The third-order valence-corrected chi connectivity index (χ3v) is 6.71. The number of carbonyl (C=O) groups is 1. The minimum Gasteiger partial charge on any atom is -0.493 e. The second-order valence-corrected chi connectivity index (χ2v) is 8.73. The molecule has 0 N–H and O–H groups in total. The van der Waals surface area contributed by atoms with Crippen molar-refractivity contribution in [1.82, 2.24) is 4.98 Å². The Morgan fingerprint density at radius 1 is 1.00 bits per heavy atom. The normalized spacial score (nSPS) is 11.1. The number of hydrogen-bond acceptors (Lipinski definition) is 6. The zero-order chi connectivity index (χ0) is 24.2. The number of benzene rings is 3. The van der Waals surface area contributed by atoms with Crippen LogP contribution in [0, 0.1) is 6.92 Å². The number of para-hydroxylation sites is 1. The Morgan fingerprint density at radius 2 is 1.71 bits per heavy atom. The van der Waals surface area contributed by atoms with Gasteiger partial charge in [-0.05, 0) is 60.5 Å². The smallest absolute Gasteiger partial charge is 0.257 e. The molecule has 0 aliphatic rings. The topological polar surface area (TPSA) is 60.9 Å². The Labute approximate surface area is 207 Å². The summed E-state index contributed by atoms with van der Waals surface area (Å²) in [7, 11) is 4.64. The fraction of sp³-hybridized carbons (Fsp3) is 0.154. The van der Waals surface area contributed by atoms with Crippen molar-refractivity contribution >= 4 is 56.0 Å². The van der Waals surface area contributed by atoms with Gasteiger partial charge >= 0.3 is 0 Å². The summed E-state index contributed by atoms with van der Waals surface area (Å²) in [5, 5.41) is 1.14. The molecular weight excluding hydrogens is 472 g/mol. The Morgan fingerprint density at radius 3 is 2.35 bits per heavy atom. The van der Waals surface area contributed by atoms with E-state index in [1.54, 1.807) is 50.5 Å². The van der Waals surface area contributed by atoms with Gasteiger partial charge in [0.05, 0.1) is 37.2 Å². The van der Waals surface area contributed by atoms with Gasteiger partial charge in [-0.15, -0.1) is 0 Å². The molecule has 0 saturated heterocycles. The van der Waals surface area contributed by atoms with Crippen molar-refractivity contribution in [3.8, 4) is 17.2 Å². The van der Waals surface area contributed by atoms with Crippen LogP contribution < -0.4 is 19.1 Å². The number of rotatable bonds is 7. The van der Waals surface area contributed by atoms with Gasteiger partial charge in [-0.1, -0.05) is 41.1 Å². The number of ether oxygens (including phenoxy) is 3. The third kappa shape index (κ3) is 4.58. The zero-order valence-corrected chi connectivity index (χ0v) is 20.7. The van der Waals surface area contributed by atoms with Crippen LogP contribution >= 0.6 is 22.9 Å². The van der Waals surface area contributed by atoms with Crippen molar-refractivity contribution in [2.24, 2.45) is 0 Å². The predicted octanol–water partition coefficient (Wildman–Crippen LogP) is 6.66. The molecule has 4 aromatic rings. The Bertz CT molecular complexity index is 1320. The van der Waals surface area contributed by atoms with Crippen molar-refractivity contribution in [2.75, 3.05) is 26.2 Å². The summed E-state index contributed by atoms with van der Waals surface area (Å²) in [6, 6.07) is 16.8. The molecule has 1 aromatic heterocycles. The van der Waals surface area contributed by atoms with Crippen LogP contribution in [-0.2, 0) is 4.79 Å². The average molecular weight is 495 g/mol. The summed E-state index contributed by atoms with van der Waals surface area (Å²) in [5.74, 6) is 1.22. The zero-order valence-electron chi connectivity index (χ0n) is 19.2. The van der Waals surface area contributed by atoms with E-state index in [-0.39, 0.29) is 5.91 Å². The number of anilines is 2. The van der Waals surface area contributed by atoms with Gasteiger partial charge in [0.15, 0.2) is 16.6 Å². The Balaban J connectivity index is 1.77. The molecule has 0 radical (unpaired) electrons. The summed E-state index contributed by atoms with van der Waals surface area (Å²) in [6.45, 7) is 1.88. The van der Waals surface area contributed by atoms with E-state index in [1.165, 1.54) is 17.4 Å². The number of aromatic nitrogens is 1. The minimum absolute atomic E-state index is 0.266. The monoisotopic (exact) mass is 494 g/mol. The maximum Gasteiger partial charge on any atom is 0.257 e.